The first-order valence-corrected chi connectivity index (χ1v) is 7.43. The van der Waals surface area contributed by atoms with Gasteiger partial charge in [-0.1, -0.05) is 30.3 Å². The molecule has 5 nitrogen and oxygen atoms in total. The molecule has 5 heteroatoms. The van der Waals surface area contributed by atoms with E-state index in [-0.39, 0.29) is 18.4 Å². The van der Waals surface area contributed by atoms with Gasteiger partial charge in [0.1, 0.15) is 5.54 Å². The quantitative estimate of drug-likeness (QED) is 0.867. The van der Waals surface area contributed by atoms with Gasteiger partial charge in [0.2, 0.25) is 11.8 Å². The number of likely N-dealkylation sites (tertiary alicyclic amines) is 1. The molecule has 0 bridgehead atoms. The number of piperazine rings is 1. The Hall–Kier alpha value is -1.88. The fraction of sp³-hybridized carbons (Fsp3) is 0.500. The molecule has 2 aliphatic rings. The predicted octanol–water partition coefficient (Wildman–Crippen LogP) is 0.609. The summed E-state index contributed by atoms with van der Waals surface area (Å²) >= 11 is 0. The number of hydrogen-bond acceptors (Lipinski definition) is 3. The summed E-state index contributed by atoms with van der Waals surface area (Å²) < 4.78 is 0. The van der Waals surface area contributed by atoms with Crippen LogP contribution in [-0.2, 0) is 16.1 Å². The fourth-order valence-electron chi connectivity index (χ4n) is 3.27. The zero-order valence-corrected chi connectivity index (χ0v) is 12.3. The summed E-state index contributed by atoms with van der Waals surface area (Å²) in [6.45, 7) is 2.30. The number of piperidine rings is 1. The largest absolute Gasteiger partial charge is 0.345 e. The molecular weight excluding hydrogens is 266 g/mol. The van der Waals surface area contributed by atoms with Crippen molar-refractivity contribution in [2.45, 2.75) is 24.9 Å². The molecule has 0 aliphatic carbocycles. The summed E-state index contributed by atoms with van der Waals surface area (Å²) in [6.07, 6.45) is 1.40. The first-order valence-electron chi connectivity index (χ1n) is 7.43. The lowest BCUT2D eigenvalue weighted by atomic mass is 9.82. The molecule has 2 saturated heterocycles. The average Bonchev–Trinajstić information content (AvgIpc) is 2.51. The summed E-state index contributed by atoms with van der Waals surface area (Å²) in [5, 5.41) is 2.77. The molecule has 1 aromatic rings. The standard InChI is InChI=1S/C16H21N3O2/c1-18-9-7-16(8-10-18)15(21)17-11-14(20)19(16)12-13-5-3-2-4-6-13/h2-6H,7-12H2,1H3,(H,17,21). The third-order valence-corrected chi connectivity index (χ3v) is 4.64. The number of nitrogens with zero attached hydrogens (tertiary/aromatic N) is 2. The number of hydrogen-bond donors (Lipinski definition) is 1. The van der Waals surface area contributed by atoms with Gasteiger partial charge < -0.3 is 15.1 Å². The van der Waals surface area contributed by atoms with Crippen molar-refractivity contribution < 1.29 is 9.59 Å². The SMILES string of the molecule is CN1CCC2(CC1)C(=O)NCC(=O)N2Cc1ccccc1. The van der Waals surface area contributed by atoms with Crippen molar-refractivity contribution in [3.8, 4) is 0 Å². The second kappa shape index (κ2) is 5.48. The van der Waals surface area contributed by atoms with E-state index in [0.29, 0.717) is 19.4 Å². The number of amides is 2. The third-order valence-electron chi connectivity index (χ3n) is 4.64. The van der Waals surface area contributed by atoms with Crippen LogP contribution < -0.4 is 5.32 Å². The number of nitrogens with one attached hydrogen (secondary N) is 1. The lowest BCUT2D eigenvalue weighted by Crippen LogP contribution is -2.69. The van der Waals surface area contributed by atoms with Gasteiger partial charge in [-0.3, -0.25) is 9.59 Å². The van der Waals surface area contributed by atoms with E-state index in [2.05, 4.69) is 17.3 Å². The Labute approximate surface area is 124 Å². The smallest absolute Gasteiger partial charge is 0.246 e. The van der Waals surface area contributed by atoms with Gasteiger partial charge >= 0.3 is 0 Å². The molecule has 2 amide bonds. The minimum Gasteiger partial charge on any atom is -0.345 e. The Bertz CT molecular complexity index is 536. The third kappa shape index (κ3) is 2.53. The van der Waals surface area contributed by atoms with Crippen LogP contribution in [0.4, 0.5) is 0 Å². The number of benzene rings is 1. The second-order valence-electron chi connectivity index (χ2n) is 5.98. The maximum absolute atomic E-state index is 12.5. The molecule has 0 radical (unpaired) electrons. The molecule has 2 aliphatic heterocycles. The van der Waals surface area contributed by atoms with Crippen LogP contribution in [0.15, 0.2) is 30.3 Å². The molecule has 2 fully saturated rings. The summed E-state index contributed by atoms with van der Waals surface area (Å²) in [7, 11) is 2.05. The zero-order valence-electron chi connectivity index (χ0n) is 12.3. The van der Waals surface area contributed by atoms with E-state index >= 15 is 0 Å². The van der Waals surface area contributed by atoms with Crippen LogP contribution in [-0.4, -0.2) is 53.8 Å². The highest BCUT2D eigenvalue weighted by Gasteiger charge is 2.50. The van der Waals surface area contributed by atoms with Crippen molar-refractivity contribution in [2.24, 2.45) is 0 Å². The van der Waals surface area contributed by atoms with Crippen molar-refractivity contribution in [3.05, 3.63) is 35.9 Å². The maximum Gasteiger partial charge on any atom is 0.246 e. The van der Waals surface area contributed by atoms with Crippen molar-refractivity contribution in [2.75, 3.05) is 26.7 Å². The number of carbonyl (C=O) groups excluding carboxylic acids is 2. The van der Waals surface area contributed by atoms with Crippen molar-refractivity contribution >= 4 is 11.8 Å². The predicted molar refractivity (Wildman–Crippen MR) is 79.5 cm³/mol. The van der Waals surface area contributed by atoms with Gasteiger partial charge in [0.05, 0.1) is 6.54 Å². The molecule has 0 aromatic heterocycles. The lowest BCUT2D eigenvalue weighted by Gasteiger charge is -2.49. The van der Waals surface area contributed by atoms with Gasteiger partial charge in [0.25, 0.3) is 0 Å². The van der Waals surface area contributed by atoms with Gasteiger partial charge in [-0.15, -0.1) is 0 Å². The summed E-state index contributed by atoms with van der Waals surface area (Å²) in [5.41, 5.74) is 0.399. The van der Waals surface area contributed by atoms with Crippen LogP contribution in [0, 0.1) is 0 Å². The summed E-state index contributed by atoms with van der Waals surface area (Å²) in [4.78, 5) is 28.9. The normalized spacial score (nSPS) is 22.4. The molecule has 2 heterocycles. The van der Waals surface area contributed by atoms with Crippen molar-refractivity contribution in [3.63, 3.8) is 0 Å². The molecule has 3 rings (SSSR count). The lowest BCUT2D eigenvalue weighted by molar-refractivity contribution is -0.158. The monoisotopic (exact) mass is 287 g/mol. The van der Waals surface area contributed by atoms with E-state index in [0.717, 1.165) is 18.7 Å². The van der Waals surface area contributed by atoms with Crippen LogP contribution in [0.25, 0.3) is 0 Å². The van der Waals surface area contributed by atoms with Crippen molar-refractivity contribution in [1.29, 1.82) is 0 Å². The van der Waals surface area contributed by atoms with Gasteiger partial charge in [-0.25, -0.2) is 0 Å². The number of rotatable bonds is 2. The van der Waals surface area contributed by atoms with E-state index in [4.69, 9.17) is 0 Å². The van der Waals surface area contributed by atoms with Crippen molar-refractivity contribution in [1.82, 2.24) is 15.1 Å². The molecule has 1 aromatic carbocycles. The van der Waals surface area contributed by atoms with E-state index in [9.17, 15) is 9.59 Å². The Morgan fingerprint density at radius 2 is 1.81 bits per heavy atom. The molecule has 1 spiro atoms. The molecule has 112 valence electrons. The maximum atomic E-state index is 12.5. The first-order chi connectivity index (χ1) is 10.1. The van der Waals surface area contributed by atoms with Crippen LogP contribution >= 0.6 is 0 Å². The summed E-state index contributed by atoms with van der Waals surface area (Å²) in [6, 6.07) is 9.89. The Balaban J connectivity index is 1.89. The highest BCUT2D eigenvalue weighted by molar-refractivity contribution is 5.98. The van der Waals surface area contributed by atoms with Gasteiger partial charge in [-0.05, 0) is 25.5 Å². The van der Waals surface area contributed by atoms with E-state index in [1.807, 2.05) is 30.3 Å². The average molecular weight is 287 g/mol. The van der Waals surface area contributed by atoms with Crippen LogP contribution in [0.1, 0.15) is 18.4 Å². The Morgan fingerprint density at radius 1 is 1.14 bits per heavy atom. The van der Waals surface area contributed by atoms with E-state index < -0.39 is 5.54 Å². The molecule has 1 N–H and O–H groups in total. The summed E-state index contributed by atoms with van der Waals surface area (Å²) in [5.74, 6) is 0.0223. The molecule has 0 atom stereocenters. The highest BCUT2D eigenvalue weighted by Crippen LogP contribution is 2.32. The van der Waals surface area contributed by atoms with Crippen LogP contribution in [0.5, 0.6) is 0 Å². The minimum absolute atomic E-state index is 0.00568. The topological polar surface area (TPSA) is 52.7 Å². The molecule has 0 unspecified atom stereocenters. The second-order valence-corrected chi connectivity index (χ2v) is 5.98. The van der Waals surface area contributed by atoms with Crippen LogP contribution in [0.3, 0.4) is 0 Å². The van der Waals surface area contributed by atoms with E-state index in [1.54, 1.807) is 4.90 Å². The van der Waals surface area contributed by atoms with Gasteiger partial charge in [0, 0.05) is 19.6 Å². The van der Waals surface area contributed by atoms with Crippen LogP contribution in [0.2, 0.25) is 0 Å². The molecule has 21 heavy (non-hydrogen) atoms. The van der Waals surface area contributed by atoms with Gasteiger partial charge in [-0.2, -0.15) is 0 Å². The fourth-order valence-corrected chi connectivity index (χ4v) is 3.27. The molecular formula is C16H21N3O2. The highest BCUT2D eigenvalue weighted by atomic mass is 16.2. The Morgan fingerprint density at radius 3 is 2.48 bits per heavy atom. The minimum atomic E-state index is -0.669. The first kappa shape index (κ1) is 14.1. The zero-order chi connectivity index (χ0) is 14.9. The Kier molecular flexibility index (Phi) is 3.68. The number of carbonyl (C=O) groups is 2. The van der Waals surface area contributed by atoms with E-state index in [1.165, 1.54) is 0 Å². The molecule has 0 saturated carbocycles. The van der Waals surface area contributed by atoms with Gasteiger partial charge in [0.15, 0.2) is 0 Å².